The fourth-order valence-electron chi connectivity index (χ4n) is 2.19. The van der Waals surface area contributed by atoms with Crippen molar-refractivity contribution in [3.63, 3.8) is 0 Å². The van der Waals surface area contributed by atoms with Gasteiger partial charge in [-0.1, -0.05) is 18.2 Å². The Hall–Kier alpha value is -4.20. The molecule has 28 heavy (non-hydrogen) atoms. The Morgan fingerprint density at radius 1 is 0.714 bits per heavy atom. The smallest absolute Gasteiger partial charge is 0.267 e. The van der Waals surface area contributed by atoms with Crippen LogP contribution in [0.25, 0.3) is 0 Å². The lowest BCUT2D eigenvalue weighted by Crippen LogP contribution is -2.17. The van der Waals surface area contributed by atoms with Crippen LogP contribution in [0.3, 0.4) is 0 Å². The van der Waals surface area contributed by atoms with E-state index in [1.807, 2.05) is 24.3 Å². The molecule has 8 nitrogen and oxygen atoms in total. The van der Waals surface area contributed by atoms with Crippen molar-refractivity contribution >= 4 is 24.2 Å². The van der Waals surface area contributed by atoms with Crippen molar-refractivity contribution in [1.82, 2.24) is 20.8 Å². The fraction of sp³-hybridized carbons (Fsp3) is 0. The summed E-state index contributed by atoms with van der Waals surface area (Å²) in [6.45, 7) is 0. The number of hydrazone groups is 2. The van der Waals surface area contributed by atoms with Gasteiger partial charge in [-0.2, -0.15) is 10.2 Å². The maximum atomic E-state index is 11.9. The van der Waals surface area contributed by atoms with Crippen LogP contribution >= 0.6 is 0 Å². The molecule has 0 aliphatic carbocycles. The minimum absolute atomic E-state index is 0.324. The number of nitrogens with one attached hydrogen (secondary N) is 2. The van der Waals surface area contributed by atoms with E-state index in [0.717, 1.165) is 11.1 Å². The SMILES string of the molecule is O=C(NN=Cc1cccc(C=NNC(=O)c2ccncc2)c1)c1ccncc1. The van der Waals surface area contributed by atoms with E-state index in [0.29, 0.717) is 11.1 Å². The Kier molecular flexibility index (Phi) is 6.30. The molecule has 0 bridgehead atoms. The van der Waals surface area contributed by atoms with Crippen LogP contribution in [-0.2, 0) is 0 Å². The molecule has 0 radical (unpaired) electrons. The van der Waals surface area contributed by atoms with Crippen LogP contribution in [0.2, 0.25) is 0 Å². The molecule has 8 heteroatoms. The highest BCUT2D eigenvalue weighted by Gasteiger charge is 2.03. The highest BCUT2D eigenvalue weighted by molar-refractivity contribution is 5.95. The molecule has 1 aromatic carbocycles. The number of rotatable bonds is 6. The maximum absolute atomic E-state index is 11.9. The molecule has 138 valence electrons. The molecule has 2 N–H and O–H groups in total. The van der Waals surface area contributed by atoms with Crippen LogP contribution in [0.5, 0.6) is 0 Å². The lowest BCUT2D eigenvalue weighted by molar-refractivity contribution is 0.0947. The Morgan fingerprint density at radius 3 is 1.57 bits per heavy atom. The highest BCUT2D eigenvalue weighted by atomic mass is 16.2. The Balaban J connectivity index is 1.56. The van der Waals surface area contributed by atoms with Crippen molar-refractivity contribution in [2.75, 3.05) is 0 Å². The van der Waals surface area contributed by atoms with Gasteiger partial charge in [-0.25, -0.2) is 10.9 Å². The Bertz CT molecular complexity index is 925. The van der Waals surface area contributed by atoms with Gasteiger partial charge in [0, 0.05) is 35.9 Å². The first-order valence-corrected chi connectivity index (χ1v) is 8.29. The highest BCUT2D eigenvalue weighted by Crippen LogP contribution is 2.01. The van der Waals surface area contributed by atoms with E-state index < -0.39 is 0 Å². The summed E-state index contributed by atoms with van der Waals surface area (Å²) in [6.07, 6.45) is 9.19. The van der Waals surface area contributed by atoms with Crippen molar-refractivity contribution in [1.29, 1.82) is 0 Å². The predicted octanol–water partition coefficient (Wildman–Crippen LogP) is 2.00. The van der Waals surface area contributed by atoms with E-state index in [4.69, 9.17) is 0 Å². The summed E-state index contributed by atoms with van der Waals surface area (Å²) < 4.78 is 0. The van der Waals surface area contributed by atoms with Crippen molar-refractivity contribution in [2.45, 2.75) is 0 Å². The number of nitrogens with zero attached hydrogens (tertiary/aromatic N) is 4. The molecule has 0 unspecified atom stereocenters. The molecule has 2 amide bonds. The largest absolute Gasteiger partial charge is 0.271 e. The number of aromatic nitrogens is 2. The molecule has 0 saturated carbocycles. The van der Waals surface area contributed by atoms with Crippen molar-refractivity contribution in [2.24, 2.45) is 10.2 Å². The summed E-state index contributed by atoms with van der Waals surface area (Å²) in [5.74, 6) is -0.648. The van der Waals surface area contributed by atoms with Gasteiger partial charge in [-0.15, -0.1) is 0 Å². The number of hydrogen-bond acceptors (Lipinski definition) is 6. The van der Waals surface area contributed by atoms with Gasteiger partial charge in [-0.05, 0) is 41.5 Å². The molecule has 2 aromatic heterocycles. The van der Waals surface area contributed by atoms with Gasteiger partial charge >= 0.3 is 0 Å². The first-order valence-electron chi connectivity index (χ1n) is 8.29. The topological polar surface area (TPSA) is 109 Å². The number of carbonyl (C=O) groups excluding carboxylic acids is 2. The summed E-state index contributed by atoms with van der Waals surface area (Å²) in [5.41, 5.74) is 7.37. The molecule has 0 saturated heterocycles. The van der Waals surface area contributed by atoms with Gasteiger partial charge in [0.05, 0.1) is 12.4 Å². The van der Waals surface area contributed by atoms with E-state index in [1.165, 1.54) is 37.2 Å². The van der Waals surface area contributed by atoms with Gasteiger partial charge in [0.25, 0.3) is 11.8 Å². The summed E-state index contributed by atoms with van der Waals surface area (Å²) in [4.78, 5) is 31.5. The summed E-state index contributed by atoms with van der Waals surface area (Å²) in [5, 5.41) is 7.88. The molecule has 2 heterocycles. The second kappa shape index (κ2) is 9.48. The third-order valence-electron chi connectivity index (χ3n) is 3.56. The lowest BCUT2D eigenvalue weighted by atomic mass is 10.1. The van der Waals surface area contributed by atoms with Crippen LogP contribution in [-0.4, -0.2) is 34.2 Å². The van der Waals surface area contributed by atoms with Crippen LogP contribution in [0.4, 0.5) is 0 Å². The van der Waals surface area contributed by atoms with E-state index in [2.05, 4.69) is 31.0 Å². The molecule has 0 aliphatic rings. The van der Waals surface area contributed by atoms with E-state index >= 15 is 0 Å². The van der Waals surface area contributed by atoms with Crippen LogP contribution < -0.4 is 10.9 Å². The van der Waals surface area contributed by atoms with Crippen molar-refractivity contribution in [3.05, 3.63) is 95.6 Å². The summed E-state index contributed by atoms with van der Waals surface area (Å²) in [6, 6.07) is 13.7. The molecular weight excluding hydrogens is 356 g/mol. The molecule has 0 fully saturated rings. The Labute approximate surface area is 161 Å². The minimum Gasteiger partial charge on any atom is -0.267 e. The molecule has 3 aromatic rings. The monoisotopic (exact) mass is 372 g/mol. The third kappa shape index (κ3) is 5.40. The van der Waals surface area contributed by atoms with Crippen molar-refractivity contribution in [3.8, 4) is 0 Å². The second-order valence-corrected chi connectivity index (χ2v) is 5.54. The number of benzene rings is 1. The summed E-state index contributed by atoms with van der Waals surface area (Å²) >= 11 is 0. The van der Waals surface area contributed by atoms with E-state index in [9.17, 15) is 9.59 Å². The van der Waals surface area contributed by atoms with Gasteiger partial charge in [-0.3, -0.25) is 19.6 Å². The number of hydrogen-bond donors (Lipinski definition) is 2. The third-order valence-corrected chi connectivity index (χ3v) is 3.56. The van der Waals surface area contributed by atoms with E-state index in [-0.39, 0.29) is 11.8 Å². The molecule has 0 spiro atoms. The molecular formula is C20H16N6O2. The summed E-state index contributed by atoms with van der Waals surface area (Å²) in [7, 11) is 0. The van der Waals surface area contributed by atoms with Crippen LogP contribution in [0.15, 0.2) is 83.5 Å². The lowest BCUT2D eigenvalue weighted by Gasteiger charge is -2.00. The number of carbonyl (C=O) groups is 2. The fourth-order valence-corrected chi connectivity index (χ4v) is 2.19. The van der Waals surface area contributed by atoms with Crippen LogP contribution in [0, 0.1) is 0 Å². The second-order valence-electron chi connectivity index (χ2n) is 5.54. The zero-order chi connectivity index (χ0) is 19.6. The maximum Gasteiger partial charge on any atom is 0.271 e. The molecule has 3 rings (SSSR count). The van der Waals surface area contributed by atoms with Crippen LogP contribution in [0.1, 0.15) is 31.8 Å². The van der Waals surface area contributed by atoms with Gasteiger partial charge in [0.15, 0.2) is 0 Å². The van der Waals surface area contributed by atoms with Crippen molar-refractivity contribution < 1.29 is 9.59 Å². The van der Waals surface area contributed by atoms with Gasteiger partial charge in [0.2, 0.25) is 0 Å². The number of pyridine rings is 2. The average molecular weight is 372 g/mol. The number of amides is 2. The van der Waals surface area contributed by atoms with Gasteiger partial charge in [0.1, 0.15) is 0 Å². The minimum atomic E-state index is -0.324. The van der Waals surface area contributed by atoms with E-state index in [1.54, 1.807) is 24.3 Å². The average Bonchev–Trinajstić information content (AvgIpc) is 2.75. The molecule has 0 aliphatic heterocycles. The zero-order valence-corrected chi connectivity index (χ0v) is 14.7. The Morgan fingerprint density at radius 2 is 1.14 bits per heavy atom. The molecule has 0 atom stereocenters. The zero-order valence-electron chi connectivity index (χ0n) is 14.7. The van der Waals surface area contributed by atoms with Gasteiger partial charge < -0.3 is 0 Å². The predicted molar refractivity (Wildman–Crippen MR) is 105 cm³/mol. The first-order chi connectivity index (χ1) is 13.7. The first kappa shape index (κ1) is 18.6. The normalized spacial score (nSPS) is 10.9. The standard InChI is InChI=1S/C20H16N6O2/c27-19(17-4-8-21-9-5-17)25-23-13-15-2-1-3-16(12-15)14-24-26-20(28)18-6-10-22-11-7-18/h1-14H,(H,25,27)(H,26,28). The quantitative estimate of drug-likeness (QED) is 0.509.